The molecule has 3 aromatic rings. The quantitative estimate of drug-likeness (QED) is 0.701. The summed E-state index contributed by atoms with van der Waals surface area (Å²) in [7, 11) is 0. The Bertz CT molecular complexity index is 1060. The van der Waals surface area contributed by atoms with E-state index in [2.05, 4.69) is 5.32 Å². The number of aliphatic hydroxyl groups is 1. The van der Waals surface area contributed by atoms with Crippen LogP contribution in [0.15, 0.2) is 46.9 Å². The molecule has 0 radical (unpaired) electrons. The number of hydrogen-bond donors (Lipinski definition) is 2. The standard InChI is InChI=1S/C22H24N2O5/c1-13(2)12-28-22(27)24-11-15(25)10-18(24)21(26)23-14-7-8-17-16-5-3-4-6-19(16)29-20(17)9-14/h3-9,13,15,18,25H,10-12H2,1-2H3,(H,23,26). The topological polar surface area (TPSA) is 92.0 Å². The van der Waals surface area contributed by atoms with E-state index in [-0.39, 0.29) is 31.4 Å². The van der Waals surface area contributed by atoms with Crippen LogP contribution in [-0.4, -0.2) is 47.3 Å². The first-order chi connectivity index (χ1) is 13.9. The Morgan fingerprint density at radius 1 is 1.21 bits per heavy atom. The normalized spacial score (nSPS) is 19.2. The average molecular weight is 396 g/mol. The van der Waals surface area contributed by atoms with Crippen LogP contribution in [0.1, 0.15) is 20.3 Å². The van der Waals surface area contributed by atoms with E-state index in [0.717, 1.165) is 16.4 Å². The molecule has 1 saturated heterocycles. The van der Waals surface area contributed by atoms with Crippen LogP contribution in [0.2, 0.25) is 0 Å². The first-order valence-corrected chi connectivity index (χ1v) is 9.76. The first-order valence-electron chi connectivity index (χ1n) is 9.76. The second kappa shape index (κ2) is 7.75. The highest BCUT2D eigenvalue weighted by atomic mass is 16.6. The number of carbonyl (C=O) groups excluding carboxylic acids is 2. The molecule has 0 spiro atoms. The molecule has 1 fully saturated rings. The summed E-state index contributed by atoms with van der Waals surface area (Å²) < 4.78 is 11.1. The molecule has 2 amide bonds. The van der Waals surface area contributed by atoms with Crippen LogP contribution in [0.5, 0.6) is 0 Å². The van der Waals surface area contributed by atoms with Crippen molar-refractivity contribution in [2.75, 3.05) is 18.5 Å². The van der Waals surface area contributed by atoms with Crippen molar-refractivity contribution in [3.63, 3.8) is 0 Å². The molecule has 2 heterocycles. The fourth-order valence-corrected chi connectivity index (χ4v) is 3.61. The number of anilines is 1. The number of fused-ring (bicyclic) bond motifs is 3. The summed E-state index contributed by atoms with van der Waals surface area (Å²) in [5, 5.41) is 14.8. The number of β-amino-alcohol motifs (C(OH)–C–C–N with tert-alkyl or cyclic N) is 1. The van der Waals surface area contributed by atoms with Gasteiger partial charge < -0.3 is 19.6 Å². The van der Waals surface area contributed by atoms with Crippen molar-refractivity contribution >= 4 is 39.6 Å². The molecule has 1 aliphatic rings. The summed E-state index contributed by atoms with van der Waals surface area (Å²) in [5.41, 5.74) is 2.02. The van der Waals surface area contributed by atoms with Crippen LogP contribution in [0.3, 0.4) is 0 Å². The van der Waals surface area contributed by atoms with E-state index in [1.807, 2.05) is 44.2 Å². The van der Waals surface area contributed by atoms with E-state index in [4.69, 9.17) is 9.15 Å². The van der Waals surface area contributed by atoms with Crippen molar-refractivity contribution < 1.29 is 23.8 Å². The summed E-state index contributed by atoms with van der Waals surface area (Å²) in [6, 6.07) is 12.4. The second-order valence-corrected chi connectivity index (χ2v) is 7.83. The number of furan rings is 1. The first kappa shape index (κ1) is 19.3. The van der Waals surface area contributed by atoms with Gasteiger partial charge >= 0.3 is 6.09 Å². The lowest BCUT2D eigenvalue weighted by Crippen LogP contribution is -2.43. The SMILES string of the molecule is CC(C)COC(=O)N1CC(O)CC1C(=O)Nc1ccc2c(c1)oc1ccccc12. The van der Waals surface area contributed by atoms with Gasteiger partial charge in [0.15, 0.2) is 0 Å². The molecule has 29 heavy (non-hydrogen) atoms. The lowest BCUT2D eigenvalue weighted by molar-refractivity contribution is -0.120. The van der Waals surface area contributed by atoms with Gasteiger partial charge in [-0.3, -0.25) is 9.69 Å². The highest BCUT2D eigenvalue weighted by Crippen LogP contribution is 2.30. The lowest BCUT2D eigenvalue weighted by atomic mass is 10.1. The van der Waals surface area contributed by atoms with Gasteiger partial charge in [0.2, 0.25) is 5.91 Å². The molecule has 2 unspecified atom stereocenters. The molecule has 7 nitrogen and oxygen atoms in total. The summed E-state index contributed by atoms with van der Waals surface area (Å²) in [4.78, 5) is 26.4. The molecule has 2 N–H and O–H groups in total. The molecule has 0 bridgehead atoms. The molecular formula is C22H24N2O5. The third kappa shape index (κ3) is 3.91. The molecule has 0 saturated carbocycles. The van der Waals surface area contributed by atoms with Crippen LogP contribution >= 0.6 is 0 Å². The van der Waals surface area contributed by atoms with Crippen molar-refractivity contribution in [2.45, 2.75) is 32.4 Å². The number of aliphatic hydroxyl groups excluding tert-OH is 1. The highest BCUT2D eigenvalue weighted by Gasteiger charge is 2.40. The number of hydrogen-bond acceptors (Lipinski definition) is 5. The van der Waals surface area contributed by atoms with E-state index in [0.29, 0.717) is 11.3 Å². The van der Waals surface area contributed by atoms with Crippen LogP contribution in [0.25, 0.3) is 21.9 Å². The molecular weight excluding hydrogens is 372 g/mol. The summed E-state index contributed by atoms with van der Waals surface area (Å²) in [6.45, 7) is 4.22. The summed E-state index contributed by atoms with van der Waals surface area (Å²) in [5.74, 6) is -0.173. The molecule has 2 atom stereocenters. The monoisotopic (exact) mass is 396 g/mol. The van der Waals surface area contributed by atoms with Gasteiger partial charge in [0.1, 0.15) is 17.2 Å². The van der Waals surface area contributed by atoms with Crippen LogP contribution < -0.4 is 5.32 Å². The third-order valence-electron chi connectivity index (χ3n) is 5.00. The maximum Gasteiger partial charge on any atom is 0.410 e. The summed E-state index contributed by atoms with van der Waals surface area (Å²) in [6.07, 6.45) is -1.16. The maximum absolute atomic E-state index is 12.8. The van der Waals surface area contributed by atoms with Gasteiger partial charge in [0.05, 0.1) is 19.3 Å². The lowest BCUT2D eigenvalue weighted by Gasteiger charge is -2.23. The van der Waals surface area contributed by atoms with Crippen molar-refractivity contribution in [3.8, 4) is 0 Å². The molecule has 7 heteroatoms. The molecule has 152 valence electrons. The number of ether oxygens (including phenoxy) is 1. The fraction of sp³-hybridized carbons (Fsp3) is 0.364. The Morgan fingerprint density at radius 3 is 2.76 bits per heavy atom. The van der Waals surface area contributed by atoms with Gasteiger partial charge in [-0.15, -0.1) is 0 Å². The number of nitrogens with one attached hydrogen (secondary N) is 1. The van der Waals surface area contributed by atoms with Gasteiger partial charge in [-0.05, 0) is 24.1 Å². The summed E-state index contributed by atoms with van der Waals surface area (Å²) >= 11 is 0. The average Bonchev–Trinajstić information content (AvgIpc) is 3.26. The fourth-order valence-electron chi connectivity index (χ4n) is 3.61. The van der Waals surface area contributed by atoms with Crippen LogP contribution in [-0.2, 0) is 9.53 Å². The van der Waals surface area contributed by atoms with Gasteiger partial charge in [-0.1, -0.05) is 32.0 Å². The number of benzene rings is 2. The Morgan fingerprint density at radius 2 is 1.97 bits per heavy atom. The zero-order chi connectivity index (χ0) is 20.5. The van der Waals surface area contributed by atoms with Crippen molar-refractivity contribution in [1.29, 1.82) is 0 Å². The van der Waals surface area contributed by atoms with Crippen molar-refractivity contribution in [1.82, 2.24) is 4.90 Å². The van der Waals surface area contributed by atoms with E-state index >= 15 is 0 Å². The predicted octanol–water partition coefficient (Wildman–Crippen LogP) is 3.75. The largest absolute Gasteiger partial charge is 0.456 e. The molecule has 4 rings (SSSR count). The number of amides is 2. The molecule has 0 aliphatic carbocycles. The van der Waals surface area contributed by atoms with E-state index < -0.39 is 18.2 Å². The van der Waals surface area contributed by atoms with E-state index in [9.17, 15) is 14.7 Å². The zero-order valence-corrected chi connectivity index (χ0v) is 16.4. The van der Waals surface area contributed by atoms with Gasteiger partial charge in [-0.2, -0.15) is 0 Å². The number of nitrogens with zero attached hydrogens (tertiary/aromatic N) is 1. The predicted molar refractivity (Wildman–Crippen MR) is 110 cm³/mol. The molecule has 2 aromatic carbocycles. The van der Waals surface area contributed by atoms with E-state index in [1.165, 1.54) is 4.90 Å². The minimum atomic E-state index is -0.781. The van der Waals surface area contributed by atoms with Crippen LogP contribution in [0.4, 0.5) is 10.5 Å². The Labute approximate surface area is 168 Å². The molecule has 1 aromatic heterocycles. The van der Waals surface area contributed by atoms with Crippen molar-refractivity contribution in [3.05, 3.63) is 42.5 Å². The van der Waals surface area contributed by atoms with Gasteiger partial charge in [0.25, 0.3) is 0 Å². The Hall–Kier alpha value is -3.06. The minimum Gasteiger partial charge on any atom is -0.456 e. The highest BCUT2D eigenvalue weighted by molar-refractivity contribution is 6.06. The smallest absolute Gasteiger partial charge is 0.410 e. The third-order valence-corrected chi connectivity index (χ3v) is 5.00. The number of carbonyl (C=O) groups is 2. The Kier molecular flexibility index (Phi) is 5.15. The second-order valence-electron chi connectivity index (χ2n) is 7.83. The van der Waals surface area contributed by atoms with Crippen LogP contribution in [0, 0.1) is 5.92 Å². The number of para-hydroxylation sites is 1. The molecule has 1 aliphatic heterocycles. The zero-order valence-electron chi connectivity index (χ0n) is 16.4. The van der Waals surface area contributed by atoms with E-state index in [1.54, 1.807) is 12.1 Å². The Balaban J connectivity index is 1.51. The van der Waals surface area contributed by atoms with Crippen molar-refractivity contribution in [2.24, 2.45) is 5.92 Å². The number of rotatable bonds is 4. The van der Waals surface area contributed by atoms with Gasteiger partial charge in [-0.25, -0.2) is 4.79 Å². The number of likely N-dealkylation sites (tertiary alicyclic amines) is 1. The van der Waals surface area contributed by atoms with Gasteiger partial charge in [0, 0.05) is 28.9 Å². The maximum atomic E-state index is 12.8. The minimum absolute atomic E-state index is 0.0810.